The second-order valence-electron chi connectivity index (χ2n) is 4.23. The normalized spacial score (nSPS) is 13.0. The molecule has 104 valence electrons. The van der Waals surface area contributed by atoms with Gasteiger partial charge >= 0.3 is 0 Å². The Hall–Kier alpha value is -2.10. The molecule has 2 heterocycles. The fourth-order valence-electron chi connectivity index (χ4n) is 1.89. The van der Waals surface area contributed by atoms with Gasteiger partial charge in [-0.05, 0) is 46.3 Å². The molecule has 0 unspecified atom stereocenters. The van der Waals surface area contributed by atoms with Crippen LogP contribution in [0.3, 0.4) is 0 Å². The summed E-state index contributed by atoms with van der Waals surface area (Å²) in [6.45, 7) is 0.150. The van der Waals surface area contributed by atoms with E-state index in [-0.39, 0.29) is 18.1 Å². The molecular weight excluding hydrogens is 354 g/mol. The molecule has 2 aromatic rings. The summed E-state index contributed by atoms with van der Waals surface area (Å²) >= 11 is 4.80. The van der Waals surface area contributed by atoms with Crippen molar-refractivity contribution in [3.8, 4) is 17.6 Å². The first-order chi connectivity index (χ1) is 10.2. The molecule has 0 fully saturated rings. The van der Waals surface area contributed by atoms with Gasteiger partial charge in [0, 0.05) is 20.3 Å². The molecule has 0 spiro atoms. The molecule has 0 bridgehead atoms. The van der Waals surface area contributed by atoms with E-state index in [0.717, 1.165) is 9.35 Å². The summed E-state index contributed by atoms with van der Waals surface area (Å²) in [6.07, 6.45) is 1.59. The van der Waals surface area contributed by atoms with Crippen molar-refractivity contribution in [1.82, 2.24) is 0 Å². The van der Waals surface area contributed by atoms with E-state index in [4.69, 9.17) is 9.47 Å². The third-order valence-corrected chi connectivity index (χ3v) is 4.51. The fraction of sp³-hybridized carbons (Fsp3) is 0.0667. The van der Waals surface area contributed by atoms with E-state index in [2.05, 4.69) is 15.9 Å². The number of nitrogens with zero attached hydrogens (tertiary/aromatic N) is 1. The number of fused-ring (bicyclic) bond motifs is 1. The van der Waals surface area contributed by atoms with Gasteiger partial charge in [-0.1, -0.05) is 0 Å². The molecule has 0 radical (unpaired) electrons. The second kappa shape index (κ2) is 5.72. The predicted octanol–water partition coefficient (Wildman–Crippen LogP) is 4.03. The average Bonchev–Trinajstić information content (AvgIpc) is 3.11. The maximum Gasteiger partial charge on any atom is 0.231 e. The van der Waals surface area contributed by atoms with Gasteiger partial charge < -0.3 is 9.47 Å². The molecule has 21 heavy (non-hydrogen) atoms. The number of benzene rings is 1. The fourth-order valence-corrected chi connectivity index (χ4v) is 3.26. The van der Waals surface area contributed by atoms with Crippen molar-refractivity contribution < 1.29 is 14.3 Å². The lowest BCUT2D eigenvalue weighted by atomic mass is 10.0. The first-order valence-corrected chi connectivity index (χ1v) is 7.65. The van der Waals surface area contributed by atoms with Crippen molar-refractivity contribution >= 4 is 39.1 Å². The number of ketones is 1. The minimum absolute atomic E-state index is 0.0863. The Labute approximate surface area is 133 Å². The van der Waals surface area contributed by atoms with Crippen LogP contribution < -0.4 is 9.47 Å². The minimum atomic E-state index is -0.333. The van der Waals surface area contributed by atoms with Gasteiger partial charge in [-0.3, -0.25) is 4.79 Å². The molecule has 1 aromatic carbocycles. The maximum atomic E-state index is 12.4. The highest BCUT2D eigenvalue weighted by Gasteiger charge is 2.18. The Morgan fingerprint density at radius 1 is 1.33 bits per heavy atom. The zero-order chi connectivity index (χ0) is 14.8. The quantitative estimate of drug-likeness (QED) is 0.470. The topological polar surface area (TPSA) is 59.3 Å². The SMILES string of the molecule is N#C/C(=C/c1cc(Br)cs1)C(=O)c1ccc2c(c1)OCO2. The lowest BCUT2D eigenvalue weighted by Gasteiger charge is -2.01. The first kappa shape index (κ1) is 13.9. The minimum Gasteiger partial charge on any atom is -0.454 e. The van der Waals surface area contributed by atoms with E-state index >= 15 is 0 Å². The smallest absolute Gasteiger partial charge is 0.231 e. The monoisotopic (exact) mass is 361 g/mol. The molecule has 0 amide bonds. The van der Waals surface area contributed by atoms with Gasteiger partial charge in [0.1, 0.15) is 11.6 Å². The van der Waals surface area contributed by atoms with Crippen LogP contribution in [-0.4, -0.2) is 12.6 Å². The van der Waals surface area contributed by atoms with Crippen molar-refractivity contribution in [3.05, 3.63) is 50.1 Å². The van der Waals surface area contributed by atoms with Crippen LogP contribution in [0.2, 0.25) is 0 Å². The third-order valence-electron chi connectivity index (χ3n) is 2.87. The van der Waals surface area contributed by atoms with Crippen molar-refractivity contribution in [3.63, 3.8) is 0 Å². The number of carbonyl (C=O) groups is 1. The first-order valence-electron chi connectivity index (χ1n) is 5.97. The summed E-state index contributed by atoms with van der Waals surface area (Å²) < 4.78 is 11.4. The lowest BCUT2D eigenvalue weighted by molar-refractivity contribution is 0.103. The van der Waals surface area contributed by atoms with Gasteiger partial charge in [-0.15, -0.1) is 11.3 Å². The van der Waals surface area contributed by atoms with E-state index in [1.807, 2.05) is 17.5 Å². The molecule has 0 saturated heterocycles. The van der Waals surface area contributed by atoms with E-state index in [9.17, 15) is 10.1 Å². The average molecular weight is 362 g/mol. The predicted molar refractivity (Wildman–Crippen MR) is 82.5 cm³/mol. The van der Waals surface area contributed by atoms with Gasteiger partial charge in [0.05, 0.1) is 0 Å². The summed E-state index contributed by atoms with van der Waals surface area (Å²) in [4.78, 5) is 13.2. The summed E-state index contributed by atoms with van der Waals surface area (Å²) in [5.74, 6) is 0.800. The summed E-state index contributed by atoms with van der Waals surface area (Å²) in [6, 6.07) is 8.71. The van der Waals surface area contributed by atoms with Crippen molar-refractivity contribution in [2.75, 3.05) is 6.79 Å². The second-order valence-corrected chi connectivity index (χ2v) is 6.09. The number of rotatable bonds is 3. The van der Waals surface area contributed by atoms with Gasteiger partial charge in [0.15, 0.2) is 11.5 Å². The van der Waals surface area contributed by atoms with Gasteiger partial charge in [0.25, 0.3) is 0 Å². The van der Waals surface area contributed by atoms with Crippen LogP contribution in [0, 0.1) is 11.3 Å². The molecule has 6 heteroatoms. The number of halogens is 1. The molecule has 1 aromatic heterocycles. The molecule has 0 N–H and O–H groups in total. The summed E-state index contributed by atoms with van der Waals surface area (Å²) in [7, 11) is 0. The molecule has 4 nitrogen and oxygen atoms in total. The Morgan fingerprint density at radius 3 is 2.86 bits per heavy atom. The van der Waals surface area contributed by atoms with Crippen LogP contribution in [0.25, 0.3) is 6.08 Å². The van der Waals surface area contributed by atoms with Crippen LogP contribution in [0.4, 0.5) is 0 Å². The van der Waals surface area contributed by atoms with Crippen LogP contribution in [0.5, 0.6) is 11.5 Å². The van der Waals surface area contributed by atoms with E-state index in [0.29, 0.717) is 17.1 Å². The van der Waals surface area contributed by atoms with Crippen LogP contribution >= 0.6 is 27.3 Å². The van der Waals surface area contributed by atoms with Gasteiger partial charge in [-0.25, -0.2) is 0 Å². The van der Waals surface area contributed by atoms with Gasteiger partial charge in [0.2, 0.25) is 12.6 Å². The Balaban J connectivity index is 1.93. The molecule has 1 aliphatic heterocycles. The van der Waals surface area contributed by atoms with Crippen molar-refractivity contribution in [2.24, 2.45) is 0 Å². The molecular formula is C15H8BrNO3S. The van der Waals surface area contributed by atoms with E-state index in [1.165, 1.54) is 11.3 Å². The number of hydrogen-bond acceptors (Lipinski definition) is 5. The highest BCUT2D eigenvalue weighted by molar-refractivity contribution is 9.10. The molecule has 3 rings (SSSR count). The molecule has 0 atom stereocenters. The van der Waals surface area contributed by atoms with Crippen LogP contribution in [0.15, 0.2) is 39.7 Å². The summed E-state index contributed by atoms with van der Waals surface area (Å²) in [5, 5.41) is 11.1. The zero-order valence-electron chi connectivity index (χ0n) is 10.6. The number of ether oxygens (including phenoxy) is 2. The molecule has 0 aliphatic carbocycles. The summed E-state index contributed by atoms with van der Waals surface area (Å²) in [5.41, 5.74) is 0.492. The largest absolute Gasteiger partial charge is 0.454 e. The van der Waals surface area contributed by atoms with Gasteiger partial charge in [-0.2, -0.15) is 5.26 Å². The lowest BCUT2D eigenvalue weighted by Crippen LogP contribution is -2.01. The number of hydrogen-bond donors (Lipinski definition) is 0. The number of allylic oxidation sites excluding steroid dienone is 1. The number of Topliss-reactive ketones (excluding diaryl/α,β-unsaturated/α-hetero) is 1. The molecule has 1 aliphatic rings. The number of nitriles is 1. The number of thiophene rings is 1. The Kier molecular flexibility index (Phi) is 3.78. The van der Waals surface area contributed by atoms with E-state index < -0.39 is 0 Å². The maximum absolute atomic E-state index is 12.4. The van der Waals surface area contributed by atoms with Crippen molar-refractivity contribution in [2.45, 2.75) is 0 Å². The Bertz CT molecular complexity index is 788. The highest BCUT2D eigenvalue weighted by Crippen LogP contribution is 2.33. The third kappa shape index (κ3) is 2.84. The number of carbonyl (C=O) groups excluding carboxylic acids is 1. The highest BCUT2D eigenvalue weighted by atomic mass is 79.9. The Morgan fingerprint density at radius 2 is 2.14 bits per heavy atom. The standard InChI is InChI=1S/C15H8BrNO3S/c16-11-5-12(21-7-11)3-10(6-17)15(18)9-1-2-13-14(4-9)20-8-19-13/h1-5,7H,8H2/b10-3-. The van der Waals surface area contributed by atoms with E-state index in [1.54, 1.807) is 24.3 Å². The zero-order valence-corrected chi connectivity index (χ0v) is 13.0. The van der Waals surface area contributed by atoms with Crippen molar-refractivity contribution in [1.29, 1.82) is 5.26 Å². The van der Waals surface area contributed by atoms with Crippen LogP contribution in [0.1, 0.15) is 15.2 Å². The van der Waals surface area contributed by atoms with Crippen LogP contribution in [-0.2, 0) is 0 Å². The molecule has 0 saturated carbocycles.